The number of carbonyl (C=O) groups excluding carboxylic acids is 3. The van der Waals surface area contributed by atoms with E-state index in [4.69, 9.17) is 10.8 Å². The number of carbonyl (C=O) groups is 4. The van der Waals surface area contributed by atoms with Crippen LogP contribution < -0.4 is 21.7 Å². The van der Waals surface area contributed by atoms with Crippen molar-refractivity contribution in [1.29, 1.82) is 0 Å². The SMILES string of the molecule is CC(C)CC(N)C(=O)NC(CC(C)C)C(=O)NC(C)C(=O)NCC(=O)O. The normalized spacial score (nSPS) is 14.5. The molecule has 0 aromatic heterocycles. The quantitative estimate of drug-likeness (QED) is 0.333. The number of rotatable bonds is 11. The summed E-state index contributed by atoms with van der Waals surface area (Å²) in [5.74, 6) is -2.35. The smallest absolute Gasteiger partial charge is 0.322 e. The molecule has 9 heteroatoms. The summed E-state index contributed by atoms with van der Waals surface area (Å²) >= 11 is 0. The van der Waals surface area contributed by atoms with Gasteiger partial charge in [-0.15, -0.1) is 0 Å². The Balaban J connectivity index is 4.84. The first-order chi connectivity index (χ1) is 11.9. The van der Waals surface area contributed by atoms with E-state index >= 15 is 0 Å². The summed E-state index contributed by atoms with van der Waals surface area (Å²) in [5.41, 5.74) is 5.85. The van der Waals surface area contributed by atoms with E-state index in [0.29, 0.717) is 12.8 Å². The third-order valence-corrected chi connectivity index (χ3v) is 3.57. The van der Waals surface area contributed by atoms with Gasteiger partial charge in [0.05, 0.1) is 6.04 Å². The lowest BCUT2D eigenvalue weighted by Crippen LogP contribution is -2.55. The van der Waals surface area contributed by atoms with E-state index < -0.39 is 48.4 Å². The highest BCUT2D eigenvalue weighted by Crippen LogP contribution is 2.08. The Labute approximate surface area is 154 Å². The van der Waals surface area contributed by atoms with Crippen molar-refractivity contribution in [1.82, 2.24) is 16.0 Å². The molecule has 3 unspecified atom stereocenters. The van der Waals surface area contributed by atoms with Gasteiger partial charge in [0.1, 0.15) is 18.6 Å². The maximum absolute atomic E-state index is 12.4. The summed E-state index contributed by atoms with van der Waals surface area (Å²) in [5, 5.41) is 15.9. The van der Waals surface area contributed by atoms with Crippen molar-refractivity contribution >= 4 is 23.7 Å². The van der Waals surface area contributed by atoms with Gasteiger partial charge in [-0.25, -0.2) is 0 Å². The van der Waals surface area contributed by atoms with Gasteiger partial charge in [-0.2, -0.15) is 0 Å². The fourth-order valence-electron chi connectivity index (χ4n) is 2.29. The van der Waals surface area contributed by atoms with Crippen molar-refractivity contribution in [3.05, 3.63) is 0 Å². The van der Waals surface area contributed by atoms with Gasteiger partial charge in [0, 0.05) is 0 Å². The van der Waals surface area contributed by atoms with Crippen LogP contribution in [0, 0.1) is 11.8 Å². The number of hydrogen-bond acceptors (Lipinski definition) is 5. The van der Waals surface area contributed by atoms with E-state index in [0.717, 1.165) is 0 Å². The zero-order valence-electron chi connectivity index (χ0n) is 16.2. The van der Waals surface area contributed by atoms with Crippen LogP contribution in [-0.4, -0.2) is 53.5 Å². The fourth-order valence-corrected chi connectivity index (χ4v) is 2.29. The Morgan fingerprint density at radius 2 is 1.38 bits per heavy atom. The highest BCUT2D eigenvalue weighted by atomic mass is 16.4. The van der Waals surface area contributed by atoms with Crippen molar-refractivity contribution in [3.8, 4) is 0 Å². The number of nitrogens with one attached hydrogen (secondary N) is 3. The molecule has 0 radical (unpaired) electrons. The van der Waals surface area contributed by atoms with Crippen LogP contribution >= 0.6 is 0 Å². The lowest BCUT2D eigenvalue weighted by atomic mass is 10.0. The number of carboxylic acid groups (broad SMARTS) is 1. The van der Waals surface area contributed by atoms with Gasteiger partial charge in [0.15, 0.2) is 0 Å². The lowest BCUT2D eigenvalue weighted by molar-refractivity contribution is -0.138. The Morgan fingerprint density at radius 1 is 0.846 bits per heavy atom. The summed E-state index contributed by atoms with van der Waals surface area (Å²) in [4.78, 5) is 46.9. The van der Waals surface area contributed by atoms with Crippen molar-refractivity contribution in [2.75, 3.05) is 6.54 Å². The zero-order valence-corrected chi connectivity index (χ0v) is 16.2. The number of carboxylic acids is 1. The van der Waals surface area contributed by atoms with Gasteiger partial charge in [-0.05, 0) is 31.6 Å². The third-order valence-electron chi connectivity index (χ3n) is 3.57. The van der Waals surface area contributed by atoms with Crippen LogP contribution in [0.15, 0.2) is 0 Å². The van der Waals surface area contributed by atoms with Gasteiger partial charge < -0.3 is 26.8 Å². The summed E-state index contributed by atoms with van der Waals surface area (Å²) < 4.78 is 0. The Morgan fingerprint density at radius 3 is 1.85 bits per heavy atom. The predicted octanol–water partition coefficient (Wildman–Crippen LogP) is -0.404. The van der Waals surface area contributed by atoms with Gasteiger partial charge in [0.2, 0.25) is 17.7 Å². The lowest BCUT2D eigenvalue weighted by Gasteiger charge is -2.24. The molecule has 0 spiro atoms. The molecule has 150 valence electrons. The maximum atomic E-state index is 12.4. The molecule has 0 aliphatic carbocycles. The molecule has 6 N–H and O–H groups in total. The summed E-state index contributed by atoms with van der Waals surface area (Å²) in [7, 11) is 0. The standard InChI is InChI=1S/C17H32N4O5/c1-9(2)6-12(18)16(25)21-13(7-10(3)4)17(26)20-11(5)15(24)19-8-14(22)23/h9-13H,6-8,18H2,1-5H3,(H,19,24)(H,20,26)(H,21,25)(H,22,23). The largest absolute Gasteiger partial charge is 0.480 e. The first kappa shape index (κ1) is 23.8. The molecule has 0 saturated carbocycles. The van der Waals surface area contributed by atoms with Crippen LogP contribution in [0.3, 0.4) is 0 Å². The minimum atomic E-state index is -1.18. The Hall–Kier alpha value is -2.16. The minimum Gasteiger partial charge on any atom is -0.480 e. The molecular weight excluding hydrogens is 340 g/mol. The molecule has 0 aromatic rings. The van der Waals surface area contributed by atoms with Crippen LogP contribution in [-0.2, 0) is 19.2 Å². The highest BCUT2D eigenvalue weighted by Gasteiger charge is 2.27. The van der Waals surface area contributed by atoms with Gasteiger partial charge in [-0.3, -0.25) is 19.2 Å². The maximum Gasteiger partial charge on any atom is 0.322 e. The van der Waals surface area contributed by atoms with Crippen molar-refractivity contribution in [2.45, 2.75) is 65.6 Å². The average Bonchev–Trinajstić information content (AvgIpc) is 2.50. The molecule has 0 bridgehead atoms. The van der Waals surface area contributed by atoms with Crippen LogP contribution in [0.2, 0.25) is 0 Å². The number of amides is 3. The number of nitrogens with two attached hydrogens (primary N) is 1. The van der Waals surface area contributed by atoms with E-state index in [2.05, 4.69) is 16.0 Å². The number of aliphatic carboxylic acids is 1. The monoisotopic (exact) mass is 372 g/mol. The van der Waals surface area contributed by atoms with E-state index in [1.54, 1.807) is 0 Å². The van der Waals surface area contributed by atoms with Crippen LogP contribution in [0.5, 0.6) is 0 Å². The molecule has 9 nitrogen and oxygen atoms in total. The Bertz CT molecular complexity index is 507. The second-order valence-corrected chi connectivity index (χ2v) is 7.27. The molecular formula is C17H32N4O5. The average molecular weight is 372 g/mol. The molecule has 0 aromatic carbocycles. The molecule has 0 aliphatic rings. The topological polar surface area (TPSA) is 151 Å². The summed E-state index contributed by atoms with van der Waals surface area (Å²) in [6.07, 6.45) is 0.880. The van der Waals surface area contributed by atoms with Gasteiger partial charge >= 0.3 is 5.97 Å². The molecule has 26 heavy (non-hydrogen) atoms. The van der Waals surface area contributed by atoms with Gasteiger partial charge in [-0.1, -0.05) is 27.7 Å². The first-order valence-electron chi connectivity index (χ1n) is 8.79. The first-order valence-corrected chi connectivity index (χ1v) is 8.79. The predicted molar refractivity (Wildman–Crippen MR) is 97.1 cm³/mol. The molecule has 0 rings (SSSR count). The Kier molecular flexibility index (Phi) is 10.5. The van der Waals surface area contributed by atoms with Crippen molar-refractivity contribution in [2.24, 2.45) is 17.6 Å². The van der Waals surface area contributed by atoms with E-state index in [1.165, 1.54) is 6.92 Å². The molecule has 0 saturated heterocycles. The summed E-state index contributed by atoms with van der Waals surface area (Å²) in [6.45, 7) is 8.61. The van der Waals surface area contributed by atoms with E-state index in [9.17, 15) is 19.2 Å². The molecule has 0 aliphatic heterocycles. The number of hydrogen-bond donors (Lipinski definition) is 5. The van der Waals surface area contributed by atoms with Crippen LogP contribution in [0.25, 0.3) is 0 Å². The zero-order chi connectivity index (χ0) is 20.4. The van der Waals surface area contributed by atoms with E-state index in [-0.39, 0.29) is 11.8 Å². The molecule has 0 heterocycles. The van der Waals surface area contributed by atoms with E-state index in [1.807, 2.05) is 27.7 Å². The van der Waals surface area contributed by atoms with Gasteiger partial charge in [0.25, 0.3) is 0 Å². The van der Waals surface area contributed by atoms with Crippen molar-refractivity contribution < 1.29 is 24.3 Å². The van der Waals surface area contributed by atoms with Crippen LogP contribution in [0.4, 0.5) is 0 Å². The second-order valence-electron chi connectivity index (χ2n) is 7.27. The second kappa shape index (κ2) is 11.5. The molecule has 3 atom stereocenters. The molecule has 0 fully saturated rings. The molecule has 3 amide bonds. The van der Waals surface area contributed by atoms with Crippen molar-refractivity contribution in [3.63, 3.8) is 0 Å². The minimum absolute atomic E-state index is 0.128. The third kappa shape index (κ3) is 9.97. The highest BCUT2D eigenvalue weighted by molar-refractivity contribution is 5.93. The summed E-state index contributed by atoms with van der Waals surface area (Å²) in [6, 6.07) is -2.47. The van der Waals surface area contributed by atoms with Crippen LogP contribution in [0.1, 0.15) is 47.5 Å². The fraction of sp³-hybridized carbons (Fsp3) is 0.765.